The van der Waals surface area contributed by atoms with Gasteiger partial charge in [-0.3, -0.25) is 0 Å². The predicted molar refractivity (Wildman–Crippen MR) is 87.0 cm³/mol. The number of nitrogens with one attached hydrogen (secondary N) is 1. The smallest absolute Gasteiger partial charge is 0.178 e. The van der Waals surface area contributed by atoms with Crippen molar-refractivity contribution in [2.45, 2.75) is 46.1 Å². The SMILES string of the molecule is COc1cc2c(cc1F)[nH]c(=S)n2C(C)CCCC(C)C. The van der Waals surface area contributed by atoms with Crippen LogP contribution in [0.3, 0.4) is 0 Å². The molecule has 2 rings (SSSR count). The van der Waals surface area contributed by atoms with Crippen LogP contribution in [-0.2, 0) is 0 Å². The van der Waals surface area contributed by atoms with Gasteiger partial charge in [0, 0.05) is 18.2 Å². The Morgan fingerprint density at radius 3 is 2.62 bits per heavy atom. The van der Waals surface area contributed by atoms with Crippen LogP contribution in [0.15, 0.2) is 12.1 Å². The number of hydrogen-bond acceptors (Lipinski definition) is 2. The number of aromatic amines is 1. The lowest BCUT2D eigenvalue weighted by Crippen LogP contribution is -2.06. The number of halogens is 1. The standard InChI is InChI=1S/C16H23FN2OS/c1-10(2)6-5-7-11(3)19-14-9-15(20-4)12(17)8-13(14)18-16(19)21/h8-11H,5-7H2,1-4H3,(H,18,21). The van der Waals surface area contributed by atoms with Crippen molar-refractivity contribution in [3.8, 4) is 5.75 Å². The predicted octanol–water partition coefficient (Wildman–Crippen LogP) is 5.23. The molecule has 2 aromatic rings. The lowest BCUT2D eigenvalue weighted by Gasteiger charge is -2.15. The van der Waals surface area contributed by atoms with Crippen molar-refractivity contribution in [1.82, 2.24) is 9.55 Å². The van der Waals surface area contributed by atoms with Gasteiger partial charge in [-0.2, -0.15) is 0 Å². The summed E-state index contributed by atoms with van der Waals surface area (Å²) in [5.74, 6) is 0.586. The quantitative estimate of drug-likeness (QED) is 0.740. The van der Waals surface area contributed by atoms with Gasteiger partial charge in [-0.25, -0.2) is 4.39 Å². The van der Waals surface area contributed by atoms with Gasteiger partial charge >= 0.3 is 0 Å². The van der Waals surface area contributed by atoms with Crippen LogP contribution < -0.4 is 4.74 Å². The molecule has 0 radical (unpaired) electrons. The number of H-pyrrole nitrogens is 1. The molecule has 21 heavy (non-hydrogen) atoms. The van der Waals surface area contributed by atoms with E-state index in [4.69, 9.17) is 17.0 Å². The van der Waals surface area contributed by atoms with Gasteiger partial charge in [0.1, 0.15) is 0 Å². The Kier molecular flexibility index (Phi) is 5.04. The molecular formula is C16H23FN2OS. The number of nitrogens with zero attached hydrogens (tertiary/aromatic N) is 1. The topological polar surface area (TPSA) is 29.9 Å². The fourth-order valence-corrected chi connectivity index (χ4v) is 3.06. The normalized spacial score (nSPS) is 13.0. The number of hydrogen-bond donors (Lipinski definition) is 1. The summed E-state index contributed by atoms with van der Waals surface area (Å²) in [5.41, 5.74) is 1.62. The third-order valence-electron chi connectivity index (χ3n) is 3.83. The second kappa shape index (κ2) is 6.60. The molecule has 0 aliphatic carbocycles. The molecule has 0 saturated heterocycles. The molecular weight excluding hydrogens is 287 g/mol. The molecule has 1 aromatic carbocycles. The molecule has 0 saturated carbocycles. The van der Waals surface area contributed by atoms with Gasteiger partial charge in [-0.05, 0) is 31.5 Å². The summed E-state index contributed by atoms with van der Waals surface area (Å²) in [4.78, 5) is 3.08. The summed E-state index contributed by atoms with van der Waals surface area (Å²) in [6.45, 7) is 6.62. The van der Waals surface area contributed by atoms with E-state index < -0.39 is 0 Å². The van der Waals surface area contributed by atoms with E-state index in [1.54, 1.807) is 6.07 Å². The number of imidazole rings is 1. The van der Waals surface area contributed by atoms with Gasteiger partial charge in [-0.1, -0.05) is 26.7 Å². The Morgan fingerprint density at radius 2 is 2.00 bits per heavy atom. The average Bonchev–Trinajstić information content (AvgIpc) is 2.72. The molecule has 1 heterocycles. The fourth-order valence-electron chi connectivity index (χ4n) is 2.67. The van der Waals surface area contributed by atoms with Crippen molar-refractivity contribution in [3.63, 3.8) is 0 Å². The number of aromatic nitrogens is 2. The molecule has 0 aliphatic heterocycles. The molecule has 0 spiro atoms. The molecule has 0 aliphatic rings. The minimum atomic E-state index is -0.374. The zero-order valence-corrected chi connectivity index (χ0v) is 13.9. The van der Waals surface area contributed by atoms with Crippen LogP contribution in [0.25, 0.3) is 11.0 Å². The summed E-state index contributed by atoms with van der Waals surface area (Å²) < 4.78 is 21.5. The highest BCUT2D eigenvalue weighted by Gasteiger charge is 2.14. The van der Waals surface area contributed by atoms with Crippen molar-refractivity contribution < 1.29 is 9.13 Å². The second-order valence-corrected chi connectivity index (χ2v) is 6.36. The lowest BCUT2D eigenvalue weighted by atomic mass is 10.0. The van der Waals surface area contributed by atoms with E-state index in [1.165, 1.54) is 19.6 Å². The van der Waals surface area contributed by atoms with E-state index >= 15 is 0 Å². The van der Waals surface area contributed by atoms with Crippen molar-refractivity contribution in [1.29, 1.82) is 0 Å². The maximum Gasteiger partial charge on any atom is 0.178 e. The minimum Gasteiger partial charge on any atom is -0.494 e. The van der Waals surface area contributed by atoms with Gasteiger partial charge in [0.2, 0.25) is 0 Å². The first-order valence-electron chi connectivity index (χ1n) is 7.41. The molecule has 0 bridgehead atoms. The summed E-state index contributed by atoms with van der Waals surface area (Å²) in [6.07, 6.45) is 3.42. The van der Waals surface area contributed by atoms with Gasteiger partial charge in [0.05, 0.1) is 18.1 Å². The first-order valence-corrected chi connectivity index (χ1v) is 7.82. The summed E-state index contributed by atoms with van der Waals surface area (Å²) in [5, 5.41) is 0. The first-order chi connectivity index (χ1) is 9.93. The van der Waals surface area contributed by atoms with E-state index in [2.05, 4.69) is 30.3 Å². The number of benzene rings is 1. The van der Waals surface area contributed by atoms with E-state index in [1.807, 2.05) is 0 Å². The van der Waals surface area contributed by atoms with Crippen LogP contribution in [0.2, 0.25) is 0 Å². The molecule has 5 heteroatoms. The Labute approximate surface area is 130 Å². The molecule has 0 amide bonds. The van der Waals surface area contributed by atoms with Crippen molar-refractivity contribution in [2.75, 3.05) is 7.11 Å². The molecule has 1 unspecified atom stereocenters. The first kappa shape index (κ1) is 16.0. The zero-order valence-electron chi connectivity index (χ0n) is 13.1. The van der Waals surface area contributed by atoms with E-state index in [0.29, 0.717) is 16.2 Å². The highest BCUT2D eigenvalue weighted by atomic mass is 32.1. The molecule has 1 N–H and O–H groups in total. The summed E-state index contributed by atoms with van der Waals surface area (Å²) in [6, 6.07) is 3.44. The number of ether oxygens (including phenoxy) is 1. The Balaban J connectivity index is 2.34. The third kappa shape index (κ3) is 3.46. The van der Waals surface area contributed by atoms with Crippen LogP contribution in [0.1, 0.15) is 46.1 Å². The van der Waals surface area contributed by atoms with Gasteiger partial charge in [0.25, 0.3) is 0 Å². The monoisotopic (exact) mass is 310 g/mol. The third-order valence-corrected chi connectivity index (χ3v) is 4.13. The molecule has 1 aromatic heterocycles. The Morgan fingerprint density at radius 1 is 1.29 bits per heavy atom. The highest BCUT2D eigenvalue weighted by molar-refractivity contribution is 7.71. The van der Waals surface area contributed by atoms with Gasteiger partial charge in [0.15, 0.2) is 16.3 Å². The number of fused-ring (bicyclic) bond motifs is 1. The van der Waals surface area contributed by atoms with Crippen molar-refractivity contribution in [3.05, 3.63) is 22.7 Å². The van der Waals surface area contributed by atoms with Gasteiger partial charge < -0.3 is 14.3 Å². The van der Waals surface area contributed by atoms with Crippen molar-refractivity contribution >= 4 is 23.3 Å². The number of rotatable bonds is 6. The highest BCUT2D eigenvalue weighted by Crippen LogP contribution is 2.28. The van der Waals surface area contributed by atoms with Gasteiger partial charge in [-0.15, -0.1) is 0 Å². The summed E-state index contributed by atoms with van der Waals surface area (Å²) >= 11 is 5.40. The summed E-state index contributed by atoms with van der Waals surface area (Å²) in [7, 11) is 1.47. The van der Waals surface area contributed by atoms with Crippen LogP contribution in [0, 0.1) is 16.5 Å². The molecule has 0 fully saturated rings. The van der Waals surface area contributed by atoms with Crippen LogP contribution in [-0.4, -0.2) is 16.7 Å². The molecule has 3 nitrogen and oxygen atoms in total. The molecule has 116 valence electrons. The number of methoxy groups -OCH3 is 1. The van der Waals surface area contributed by atoms with Crippen molar-refractivity contribution in [2.24, 2.45) is 5.92 Å². The zero-order chi connectivity index (χ0) is 15.6. The van der Waals surface area contributed by atoms with E-state index in [-0.39, 0.29) is 17.6 Å². The van der Waals surface area contributed by atoms with E-state index in [0.717, 1.165) is 18.4 Å². The van der Waals surface area contributed by atoms with Crippen LogP contribution in [0.5, 0.6) is 5.75 Å². The second-order valence-electron chi connectivity index (χ2n) is 5.98. The van der Waals surface area contributed by atoms with Crippen LogP contribution in [0.4, 0.5) is 4.39 Å². The lowest BCUT2D eigenvalue weighted by molar-refractivity contribution is 0.387. The maximum absolute atomic E-state index is 13.8. The van der Waals surface area contributed by atoms with E-state index in [9.17, 15) is 4.39 Å². The molecule has 1 atom stereocenters. The Bertz CT molecular complexity index is 675. The largest absolute Gasteiger partial charge is 0.494 e. The average molecular weight is 310 g/mol. The maximum atomic E-state index is 13.8. The minimum absolute atomic E-state index is 0.250. The fraction of sp³-hybridized carbons (Fsp3) is 0.562. The van der Waals surface area contributed by atoms with Crippen LogP contribution >= 0.6 is 12.2 Å². The Hall–Kier alpha value is -1.36.